The van der Waals surface area contributed by atoms with E-state index in [1.165, 1.54) is 6.92 Å². The van der Waals surface area contributed by atoms with Gasteiger partial charge in [0.2, 0.25) is 0 Å². The highest BCUT2D eigenvalue weighted by molar-refractivity contribution is 6.17. The molecule has 0 aromatic carbocycles. The zero-order chi connectivity index (χ0) is 9.30. The molecular formula is C8H10O4. The fourth-order valence-corrected chi connectivity index (χ4v) is 1.12. The highest BCUT2D eigenvalue weighted by Gasteiger charge is 2.29. The number of aliphatic hydroxyl groups excluding tert-OH is 1. The smallest absolute Gasteiger partial charge is 0.345 e. The summed E-state index contributed by atoms with van der Waals surface area (Å²) in [6, 6.07) is 0. The van der Waals surface area contributed by atoms with Crippen molar-refractivity contribution in [3.8, 4) is 0 Å². The van der Waals surface area contributed by atoms with Crippen LogP contribution < -0.4 is 0 Å². The second-order valence-electron chi connectivity index (χ2n) is 2.80. The number of carbonyl (C=O) groups is 2. The number of ketones is 1. The van der Waals surface area contributed by atoms with Crippen LogP contribution in [-0.4, -0.2) is 23.0 Å². The number of carbonyl (C=O) groups excluding carboxylic acids is 2. The molecule has 66 valence electrons. The minimum atomic E-state index is -0.723. The van der Waals surface area contributed by atoms with Crippen molar-refractivity contribution in [3.05, 3.63) is 11.3 Å². The first-order chi connectivity index (χ1) is 5.52. The second-order valence-corrected chi connectivity index (χ2v) is 2.80. The predicted octanol–water partition coefficient (Wildman–Crippen LogP) is 0.723. The van der Waals surface area contributed by atoms with Gasteiger partial charge in [0.05, 0.1) is 0 Å². The van der Waals surface area contributed by atoms with Crippen molar-refractivity contribution >= 4 is 11.8 Å². The van der Waals surface area contributed by atoms with Gasteiger partial charge in [-0.1, -0.05) is 0 Å². The quantitative estimate of drug-likeness (QED) is 0.465. The Morgan fingerprint density at radius 3 is 2.67 bits per heavy atom. The lowest BCUT2D eigenvalue weighted by molar-refractivity contribution is -0.146. The summed E-state index contributed by atoms with van der Waals surface area (Å²) in [6.45, 7) is 2.88. The van der Waals surface area contributed by atoms with E-state index in [4.69, 9.17) is 4.74 Å². The molecule has 1 heterocycles. The van der Waals surface area contributed by atoms with Crippen molar-refractivity contribution in [1.29, 1.82) is 0 Å². The van der Waals surface area contributed by atoms with Crippen molar-refractivity contribution in [2.45, 2.75) is 26.4 Å². The summed E-state index contributed by atoms with van der Waals surface area (Å²) in [5.74, 6) is -1.34. The molecule has 1 atom stereocenters. The molecule has 1 N–H and O–H groups in total. The zero-order valence-electron chi connectivity index (χ0n) is 6.96. The van der Waals surface area contributed by atoms with Gasteiger partial charge in [-0.25, -0.2) is 4.79 Å². The molecule has 4 heteroatoms. The summed E-state index contributed by atoms with van der Waals surface area (Å²) in [6.07, 6.45) is -0.124. The van der Waals surface area contributed by atoms with E-state index in [0.717, 1.165) is 0 Å². The standard InChI is InChI=1S/C8H10O4/c1-4-3-6(10)7(5(2)9)8(11)12-4/h4,10H,3H2,1-2H3/t4-/m1/s1. The molecule has 0 bridgehead atoms. The highest BCUT2D eigenvalue weighted by atomic mass is 16.5. The van der Waals surface area contributed by atoms with E-state index in [1.807, 2.05) is 0 Å². The third kappa shape index (κ3) is 1.47. The van der Waals surface area contributed by atoms with Crippen LogP contribution >= 0.6 is 0 Å². The Kier molecular flexibility index (Phi) is 2.17. The van der Waals surface area contributed by atoms with Crippen molar-refractivity contribution in [2.24, 2.45) is 0 Å². The molecule has 1 rings (SSSR count). The minimum absolute atomic E-state index is 0.161. The van der Waals surface area contributed by atoms with Crippen molar-refractivity contribution in [2.75, 3.05) is 0 Å². The molecular weight excluding hydrogens is 160 g/mol. The normalized spacial score (nSPS) is 23.8. The van der Waals surface area contributed by atoms with Crippen LogP contribution in [0.25, 0.3) is 0 Å². The van der Waals surface area contributed by atoms with E-state index in [-0.39, 0.29) is 23.9 Å². The Balaban J connectivity index is 3.01. The molecule has 4 nitrogen and oxygen atoms in total. The summed E-state index contributed by atoms with van der Waals surface area (Å²) in [5, 5.41) is 9.24. The third-order valence-electron chi connectivity index (χ3n) is 1.63. The van der Waals surface area contributed by atoms with Crippen LogP contribution in [0.5, 0.6) is 0 Å². The summed E-state index contributed by atoms with van der Waals surface area (Å²) >= 11 is 0. The van der Waals surface area contributed by atoms with Gasteiger partial charge in [0.1, 0.15) is 17.4 Å². The maximum atomic E-state index is 11.0. The number of esters is 1. The van der Waals surface area contributed by atoms with Crippen molar-refractivity contribution in [1.82, 2.24) is 0 Å². The SMILES string of the molecule is CC(=O)C1=C(O)C[C@@H](C)OC1=O. The topological polar surface area (TPSA) is 63.6 Å². The van der Waals surface area contributed by atoms with Crippen LogP contribution in [0.15, 0.2) is 11.3 Å². The molecule has 1 aliphatic heterocycles. The number of aliphatic hydroxyl groups is 1. The van der Waals surface area contributed by atoms with E-state index in [9.17, 15) is 14.7 Å². The van der Waals surface area contributed by atoms with Gasteiger partial charge in [0.15, 0.2) is 5.78 Å². The number of hydrogen-bond donors (Lipinski definition) is 1. The van der Waals surface area contributed by atoms with E-state index in [1.54, 1.807) is 6.92 Å². The summed E-state index contributed by atoms with van der Waals surface area (Å²) in [5.41, 5.74) is -0.215. The van der Waals surface area contributed by atoms with E-state index in [0.29, 0.717) is 0 Å². The number of Topliss-reactive ketones (excluding diaryl/α,β-unsaturated/α-hetero) is 1. The Morgan fingerprint density at radius 2 is 2.25 bits per heavy atom. The van der Waals surface area contributed by atoms with E-state index < -0.39 is 11.8 Å². The molecule has 12 heavy (non-hydrogen) atoms. The summed E-state index contributed by atoms with van der Waals surface area (Å²) < 4.78 is 4.75. The van der Waals surface area contributed by atoms with Gasteiger partial charge in [0, 0.05) is 6.42 Å². The lowest BCUT2D eigenvalue weighted by atomic mass is 10.0. The van der Waals surface area contributed by atoms with Crippen LogP contribution in [-0.2, 0) is 14.3 Å². The molecule has 0 amide bonds. The van der Waals surface area contributed by atoms with Crippen LogP contribution in [0.3, 0.4) is 0 Å². The van der Waals surface area contributed by atoms with Crippen molar-refractivity contribution in [3.63, 3.8) is 0 Å². The Bertz CT molecular complexity index is 264. The average molecular weight is 170 g/mol. The number of cyclic esters (lactones) is 1. The lowest BCUT2D eigenvalue weighted by Gasteiger charge is -2.19. The first-order valence-electron chi connectivity index (χ1n) is 3.66. The van der Waals surface area contributed by atoms with E-state index >= 15 is 0 Å². The minimum Gasteiger partial charge on any atom is -0.511 e. The fourth-order valence-electron chi connectivity index (χ4n) is 1.12. The second kappa shape index (κ2) is 2.97. The number of hydrogen-bond acceptors (Lipinski definition) is 4. The van der Waals surface area contributed by atoms with Crippen molar-refractivity contribution < 1.29 is 19.4 Å². The van der Waals surface area contributed by atoms with Gasteiger partial charge in [-0.2, -0.15) is 0 Å². The van der Waals surface area contributed by atoms with Crippen LogP contribution in [0.1, 0.15) is 20.3 Å². The van der Waals surface area contributed by atoms with E-state index in [2.05, 4.69) is 0 Å². The van der Waals surface area contributed by atoms with Gasteiger partial charge < -0.3 is 9.84 Å². The van der Waals surface area contributed by atoms with Gasteiger partial charge in [-0.15, -0.1) is 0 Å². The lowest BCUT2D eigenvalue weighted by Crippen LogP contribution is -2.27. The molecule has 0 saturated carbocycles. The first-order valence-corrected chi connectivity index (χ1v) is 3.66. The van der Waals surface area contributed by atoms with Gasteiger partial charge in [0.25, 0.3) is 0 Å². The van der Waals surface area contributed by atoms with Gasteiger partial charge >= 0.3 is 5.97 Å². The summed E-state index contributed by atoms with van der Waals surface area (Å²) in [4.78, 5) is 21.8. The Morgan fingerprint density at radius 1 is 1.67 bits per heavy atom. The molecule has 0 saturated heterocycles. The maximum absolute atomic E-state index is 11.0. The monoisotopic (exact) mass is 170 g/mol. The predicted molar refractivity (Wildman–Crippen MR) is 40.5 cm³/mol. The van der Waals surface area contributed by atoms with Gasteiger partial charge in [-0.05, 0) is 13.8 Å². The Hall–Kier alpha value is -1.32. The molecule has 0 aromatic heterocycles. The summed E-state index contributed by atoms with van der Waals surface area (Å²) in [7, 11) is 0. The maximum Gasteiger partial charge on any atom is 0.345 e. The van der Waals surface area contributed by atoms with Crippen LogP contribution in [0.2, 0.25) is 0 Å². The zero-order valence-corrected chi connectivity index (χ0v) is 6.96. The highest BCUT2D eigenvalue weighted by Crippen LogP contribution is 2.19. The number of ether oxygens (including phenoxy) is 1. The molecule has 0 spiro atoms. The molecule has 0 fully saturated rings. The molecule has 0 unspecified atom stereocenters. The Labute approximate surface area is 69.8 Å². The van der Waals surface area contributed by atoms with Gasteiger partial charge in [-0.3, -0.25) is 4.79 Å². The first kappa shape index (κ1) is 8.77. The van der Waals surface area contributed by atoms with Crippen LogP contribution in [0.4, 0.5) is 0 Å². The molecule has 0 aromatic rings. The fraction of sp³-hybridized carbons (Fsp3) is 0.500. The number of rotatable bonds is 1. The average Bonchev–Trinajstić information content (AvgIpc) is 1.82. The largest absolute Gasteiger partial charge is 0.511 e. The molecule has 0 radical (unpaired) electrons. The van der Waals surface area contributed by atoms with Crippen LogP contribution in [0, 0.1) is 0 Å². The molecule has 0 aliphatic carbocycles. The molecule has 1 aliphatic rings. The third-order valence-corrected chi connectivity index (χ3v) is 1.63.